The molecular weight excluding hydrogens is 302 g/mol. The molecule has 0 bridgehead atoms. The largest absolute Gasteiger partial charge is 0.295 e. The number of carbonyl (C=O) groups excluding carboxylic acids is 2. The minimum absolute atomic E-state index is 0.230. The standard InChI is InChI=1S/C12H8BrNO2S/c13-10-9(11(15)14-12(10)16)7-1-2-8-6(5-7)3-4-17-8/h1-5,9-10H,(H,14,15,16). The molecule has 2 atom stereocenters. The van der Waals surface area contributed by atoms with Crippen LogP contribution in [0.5, 0.6) is 0 Å². The number of rotatable bonds is 1. The first kappa shape index (κ1) is 10.9. The average Bonchev–Trinajstić information content (AvgIpc) is 2.84. The SMILES string of the molecule is O=C1NC(=O)C(c2ccc3sccc3c2)C1Br. The molecule has 5 heteroatoms. The molecule has 86 valence electrons. The summed E-state index contributed by atoms with van der Waals surface area (Å²) in [5.41, 5.74) is 0.876. The van der Waals surface area contributed by atoms with Crippen molar-refractivity contribution in [1.29, 1.82) is 0 Å². The summed E-state index contributed by atoms with van der Waals surface area (Å²) in [4.78, 5) is 22.6. The molecule has 2 aromatic rings. The van der Waals surface area contributed by atoms with E-state index >= 15 is 0 Å². The third kappa shape index (κ3) is 1.70. The molecule has 17 heavy (non-hydrogen) atoms. The zero-order chi connectivity index (χ0) is 12.0. The maximum absolute atomic E-state index is 11.7. The second kappa shape index (κ2) is 3.92. The highest BCUT2D eigenvalue weighted by atomic mass is 79.9. The normalized spacial score (nSPS) is 24.3. The number of halogens is 1. The number of hydrogen-bond donors (Lipinski definition) is 1. The molecule has 3 nitrogen and oxygen atoms in total. The van der Waals surface area contributed by atoms with E-state index in [1.165, 1.54) is 4.70 Å². The summed E-state index contributed by atoms with van der Waals surface area (Å²) in [5.74, 6) is -0.913. The molecule has 1 fully saturated rings. The summed E-state index contributed by atoms with van der Waals surface area (Å²) in [6, 6.07) is 7.89. The van der Waals surface area contributed by atoms with Gasteiger partial charge in [-0.15, -0.1) is 11.3 Å². The predicted octanol–water partition coefficient (Wildman–Crippen LogP) is 2.40. The summed E-state index contributed by atoms with van der Waals surface area (Å²) in [5, 5.41) is 5.46. The van der Waals surface area contributed by atoms with Crippen LogP contribution in [0, 0.1) is 0 Å². The van der Waals surface area contributed by atoms with Gasteiger partial charge in [-0.25, -0.2) is 0 Å². The van der Waals surface area contributed by atoms with E-state index in [2.05, 4.69) is 21.2 Å². The van der Waals surface area contributed by atoms with E-state index in [1.54, 1.807) is 11.3 Å². The Balaban J connectivity index is 2.08. The van der Waals surface area contributed by atoms with Gasteiger partial charge in [0.25, 0.3) is 0 Å². The van der Waals surface area contributed by atoms with Crippen LogP contribution in [-0.4, -0.2) is 16.6 Å². The highest BCUT2D eigenvalue weighted by Gasteiger charge is 2.40. The number of imide groups is 1. The maximum Gasteiger partial charge on any atom is 0.241 e. The van der Waals surface area contributed by atoms with Gasteiger partial charge in [0.2, 0.25) is 11.8 Å². The molecule has 3 rings (SSSR count). The number of nitrogens with one attached hydrogen (secondary N) is 1. The summed E-state index contributed by atoms with van der Waals surface area (Å²) in [7, 11) is 0. The molecule has 0 saturated carbocycles. The average molecular weight is 310 g/mol. The van der Waals surface area contributed by atoms with Crippen molar-refractivity contribution in [3.05, 3.63) is 35.2 Å². The van der Waals surface area contributed by atoms with Crippen molar-refractivity contribution in [2.75, 3.05) is 0 Å². The van der Waals surface area contributed by atoms with Crippen LogP contribution in [0.4, 0.5) is 0 Å². The molecule has 1 aromatic carbocycles. The van der Waals surface area contributed by atoms with Crippen LogP contribution in [0.25, 0.3) is 10.1 Å². The van der Waals surface area contributed by atoms with E-state index in [4.69, 9.17) is 0 Å². The minimum Gasteiger partial charge on any atom is -0.295 e. The molecule has 0 spiro atoms. The van der Waals surface area contributed by atoms with Gasteiger partial charge in [-0.05, 0) is 34.5 Å². The lowest BCUT2D eigenvalue weighted by Crippen LogP contribution is -2.22. The van der Waals surface area contributed by atoms with E-state index in [-0.39, 0.29) is 11.8 Å². The molecule has 1 aliphatic heterocycles. The van der Waals surface area contributed by atoms with Crippen LogP contribution in [0.3, 0.4) is 0 Å². The minimum atomic E-state index is -0.467. The molecule has 1 aromatic heterocycles. The van der Waals surface area contributed by atoms with Gasteiger partial charge >= 0.3 is 0 Å². The fourth-order valence-corrected chi connectivity index (χ4v) is 3.48. The third-order valence-electron chi connectivity index (χ3n) is 2.91. The molecule has 1 saturated heterocycles. The molecular formula is C12H8BrNO2S. The van der Waals surface area contributed by atoms with E-state index in [1.807, 2.05) is 29.6 Å². The maximum atomic E-state index is 11.7. The Kier molecular flexibility index (Phi) is 2.52. The van der Waals surface area contributed by atoms with Gasteiger partial charge in [-0.2, -0.15) is 0 Å². The van der Waals surface area contributed by atoms with Crippen LogP contribution in [0.15, 0.2) is 29.6 Å². The lowest BCUT2D eigenvalue weighted by Gasteiger charge is -2.10. The molecule has 1 N–H and O–H groups in total. The van der Waals surface area contributed by atoms with Crippen molar-refractivity contribution in [2.24, 2.45) is 0 Å². The number of fused-ring (bicyclic) bond motifs is 1. The summed E-state index contributed by atoms with van der Waals surface area (Å²) in [6.45, 7) is 0. The smallest absolute Gasteiger partial charge is 0.241 e. The Bertz CT molecular complexity index is 622. The Morgan fingerprint density at radius 2 is 2.00 bits per heavy atom. The highest BCUT2D eigenvalue weighted by molar-refractivity contribution is 9.10. The molecule has 2 heterocycles. The summed E-state index contributed by atoms with van der Waals surface area (Å²) < 4.78 is 1.18. The van der Waals surface area contributed by atoms with E-state index < -0.39 is 10.7 Å². The first-order valence-electron chi connectivity index (χ1n) is 5.13. The Labute approximate surface area is 110 Å². The first-order valence-corrected chi connectivity index (χ1v) is 6.92. The molecule has 0 radical (unpaired) electrons. The lowest BCUT2D eigenvalue weighted by atomic mass is 9.96. The fraction of sp³-hybridized carbons (Fsp3) is 0.167. The first-order chi connectivity index (χ1) is 8.16. The molecule has 0 aliphatic carbocycles. The number of amides is 2. The zero-order valence-corrected chi connectivity index (χ0v) is 11.0. The number of benzene rings is 1. The van der Waals surface area contributed by atoms with Gasteiger partial charge in [-0.3, -0.25) is 14.9 Å². The topological polar surface area (TPSA) is 46.2 Å². The van der Waals surface area contributed by atoms with Gasteiger partial charge in [0.15, 0.2) is 0 Å². The molecule has 2 amide bonds. The van der Waals surface area contributed by atoms with Gasteiger partial charge in [0.05, 0.1) is 5.92 Å². The fourth-order valence-electron chi connectivity index (χ4n) is 2.05. The Hall–Kier alpha value is -1.20. The second-order valence-corrected chi connectivity index (χ2v) is 5.88. The Morgan fingerprint density at radius 3 is 2.71 bits per heavy atom. The lowest BCUT2D eigenvalue weighted by molar-refractivity contribution is -0.125. The number of carbonyl (C=O) groups is 2. The van der Waals surface area contributed by atoms with Crippen LogP contribution < -0.4 is 5.32 Å². The van der Waals surface area contributed by atoms with Crippen molar-refractivity contribution >= 4 is 49.2 Å². The van der Waals surface area contributed by atoms with E-state index in [9.17, 15) is 9.59 Å². The van der Waals surface area contributed by atoms with E-state index in [0.29, 0.717) is 0 Å². The number of thiophene rings is 1. The molecule has 2 unspecified atom stereocenters. The number of alkyl halides is 1. The monoisotopic (exact) mass is 309 g/mol. The van der Waals surface area contributed by atoms with Crippen molar-refractivity contribution in [3.8, 4) is 0 Å². The van der Waals surface area contributed by atoms with Crippen molar-refractivity contribution in [3.63, 3.8) is 0 Å². The van der Waals surface area contributed by atoms with Crippen LogP contribution >= 0.6 is 27.3 Å². The predicted molar refractivity (Wildman–Crippen MR) is 70.4 cm³/mol. The second-order valence-electron chi connectivity index (χ2n) is 3.95. The summed E-state index contributed by atoms with van der Waals surface area (Å²) in [6.07, 6.45) is 0. The summed E-state index contributed by atoms with van der Waals surface area (Å²) >= 11 is 4.93. The van der Waals surface area contributed by atoms with Gasteiger partial charge < -0.3 is 0 Å². The molecule has 1 aliphatic rings. The van der Waals surface area contributed by atoms with Gasteiger partial charge in [-0.1, -0.05) is 22.0 Å². The highest BCUT2D eigenvalue weighted by Crippen LogP contribution is 2.32. The van der Waals surface area contributed by atoms with Crippen molar-refractivity contribution in [2.45, 2.75) is 10.7 Å². The van der Waals surface area contributed by atoms with Crippen molar-refractivity contribution < 1.29 is 9.59 Å². The van der Waals surface area contributed by atoms with Gasteiger partial charge in [0, 0.05) is 4.70 Å². The number of hydrogen-bond acceptors (Lipinski definition) is 3. The van der Waals surface area contributed by atoms with Crippen molar-refractivity contribution in [1.82, 2.24) is 5.32 Å². The van der Waals surface area contributed by atoms with E-state index in [0.717, 1.165) is 10.9 Å². The van der Waals surface area contributed by atoms with Crippen LogP contribution in [0.1, 0.15) is 11.5 Å². The van der Waals surface area contributed by atoms with Crippen LogP contribution in [0.2, 0.25) is 0 Å². The van der Waals surface area contributed by atoms with Crippen LogP contribution in [-0.2, 0) is 9.59 Å². The third-order valence-corrected chi connectivity index (χ3v) is 4.75. The van der Waals surface area contributed by atoms with Gasteiger partial charge in [0.1, 0.15) is 4.83 Å². The zero-order valence-electron chi connectivity index (χ0n) is 8.64. The Morgan fingerprint density at radius 1 is 1.18 bits per heavy atom. The quantitative estimate of drug-likeness (QED) is 0.649.